The molecule has 3 aromatic carbocycles. The molecule has 0 aliphatic carbocycles. The van der Waals surface area contributed by atoms with Crippen molar-refractivity contribution in [2.24, 2.45) is 5.92 Å². The van der Waals surface area contributed by atoms with Crippen LogP contribution >= 0.6 is 0 Å². The number of carbonyl (C=O) groups excluding carboxylic acids is 3. The van der Waals surface area contributed by atoms with Gasteiger partial charge < -0.3 is 15.1 Å². The molecule has 0 spiro atoms. The highest BCUT2D eigenvalue weighted by Crippen LogP contribution is 2.31. The molecular formula is C34H34FN3O3. The Kier molecular flexibility index (Phi) is 9.10. The number of carbonyl (C=O) groups is 3. The van der Waals surface area contributed by atoms with Crippen molar-refractivity contribution in [3.63, 3.8) is 0 Å². The van der Waals surface area contributed by atoms with Crippen LogP contribution in [0, 0.1) is 23.6 Å². The Balaban J connectivity index is 1.14. The number of likely N-dealkylation sites (tertiary alicyclic amines) is 2. The molecule has 1 N–H and O–H groups in total. The predicted molar refractivity (Wildman–Crippen MR) is 156 cm³/mol. The van der Waals surface area contributed by atoms with E-state index in [4.69, 9.17) is 0 Å². The number of benzene rings is 3. The van der Waals surface area contributed by atoms with Gasteiger partial charge in [0.1, 0.15) is 12.2 Å². The summed E-state index contributed by atoms with van der Waals surface area (Å²) in [4.78, 5) is 42.6. The monoisotopic (exact) mass is 551 g/mol. The molecule has 210 valence electrons. The van der Waals surface area contributed by atoms with Gasteiger partial charge in [-0.3, -0.25) is 14.4 Å². The summed E-state index contributed by atoms with van der Waals surface area (Å²) >= 11 is 0. The molecule has 0 bridgehead atoms. The number of piperidine rings is 2. The molecule has 7 heteroatoms. The summed E-state index contributed by atoms with van der Waals surface area (Å²) in [5.41, 5.74) is 2.92. The zero-order chi connectivity index (χ0) is 28.6. The van der Waals surface area contributed by atoms with Gasteiger partial charge in [-0.25, -0.2) is 4.39 Å². The number of nitrogens with zero attached hydrogens (tertiary/aromatic N) is 2. The average Bonchev–Trinajstić information content (AvgIpc) is 3.01. The van der Waals surface area contributed by atoms with Gasteiger partial charge in [-0.05, 0) is 98.7 Å². The van der Waals surface area contributed by atoms with Crippen LogP contribution in [0.15, 0.2) is 78.9 Å². The molecule has 2 fully saturated rings. The molecule has 0 aromatic heterocycles. The van der Waals surface area contributed by atoms with Gasteiger partial charge in [-0.2, -0.15) is 0 Å². The SMILES string of the molecule is O=C(CC(=O)N1CCCCC1C1CCN(C(=O)c2ccc(C#Cc3ccccc3)cc2)CC1)Nc1ccc(F)cc1. The van der Waals surface area contributed by atoms with Crippen molar-refractivity contribution < 1.29 is 18.8 Å². The quantitative estimate of drug-likeness (QED) is 0.337. The minimum atomic E-state index is -0.400. The lowest BCUT2D eigenvalue weighted by molar-refractivity contribution is -0.139. The van der Waals surface area contributed by atoms with Crippen molar-refractivity contribution in [3.05, 3.63) is 101 Å². The lowest BCUT2D eigenvalue weighted by Gasteiger charge is -2.43. The fraction of sp³-hybridized carbons (Fsp3) is 0.324. The third-order valence-corrected chi connectivity index (χ3v) is 7.94. The van der Waals surface area contributed by atoms with Crippen molar-refractivity contribution in [1.29, 1.82) is 0 Å². The second-order valence-electron chi connectivity index (χ2n) is 10.7. The first-order chi connectivity index (χ1) is 20.0. The molecule has 0 saturated carbocycles. The zero-order valence-electron chi connectivity index (χ0n) is 23.0. The van der Waals surface area contributed by atoms with E-state index in [1.165, 1.54) is 24.3 Å². The molecule has 3 amide bonds. The summed E-state index contributed by atoms with van der Waals surface area (Å²) in [6.07, 6.45) is 4.29. The van der Waals surface area contributed by atoms with Gasteiger partial charge >= 0.3 is 0 Å². The van der Waals surface area contributed by atoms with Crippen molar-refractivity contribution in [3.8, 4) is 11.8 Å². The van der Waals surface area contributed by atoms with E-state index in [1.54, 1.807) is 0 Å². The van der Waals surface area contributed by atoms with Crippen molar-refractivity contribution in [2.75, 3.05) is 25.0 Å². The first-order valence-electron chi connectivity index (χ1n) is 14.3. The van der Waals surface area contributed by atoms with Gasteiger partial charge in [0.2, 0.25) is 11.8 Å². The molecule has 1 unspecified atom stereocenters. The highest BCUT2D eigenvalue weighted by atomic mass is 19.1. The number of hydrogen-bond acceptors (Lipinski definition) is 3. The Morgan fingerprint density at radius 2 is 1.44 bits per heavy atom. The Morgan fingerprint density at radius 3 is 2.12 bits per heavy atom. The molecule has 1 atom stereocenters. The number of amides is 3. The number of rotatable bonds is 5. The normalized spacial score (nSPS) is 17.3. The van der Waals surface area contributed by atoms with E-state index < -0.39 is 5.91 Å². The topological polar surface area (TPSA) is 69.7 Å². The molecule has 2 saturated heterocycles. The summed E-state index contributed by atoms with van der Waals surface area (Å²) in [7, 11) is 0. The van der Waals surface area contributed by atoms with E-state index in [0.717, 1.165) is 43.2 Å². The fourth-order valence-electron chi connectivity index (χ4n) is 5.77. The van der Waals surface area contributed by atoms with Gasteiger partial charge in [-0.15, -0.1) is 0 Å². The number of nitrogens with one attached hydrogen (secondary N) is 1. The number of anilines is 1. The Hall–Kier alpha value is -4.44. The van der Waals surface area contributed by atoms with Crippen LogP contribution in [-0.4, -0.2) is 53.2 Å². The van der Waals surface area contributed by atoms with Gasteiger partial charge in [-0.1, -0.05) is 30.0 Å². The summed E-state index contributed by atoms with van der Waals surface area (Å²) in [6.45, 7) is 1.93. The van der Waals surface area contributed by atoms with Crippen LogP contribution in [0.2, 0.25) is 0 Å². The zero-order valence-corrected chi connectivity index (χ0v) is 23.0. The van der Waals surface area contributed by atoms with E-state index in [1.807, 2.05) is 64.4 Å². The van der Waals surface area contributed by atoms with Crippen molar-refractivity contribution >= 4 is 23.4 Å². The molecule has 0 radical (unpaired) electrons. The molecule has 41 heavy (non-hydrogen) atoms. The Labute approximate surface area is 240 Å². The molecule has 2 heterocycles. The molecular weight excluding hydrogens is 517 g/mol. The summed E-state index contributed by atoms with van der Waals surface area (Å²) in [6, 6.07) is 22.8. The lowest BCUT2D eigenvalue weighted by atomic mass is 9.83. The van der Waals surface area contributed by atoms with Gasteiger partial charge in [0, 0.05) is 48.1 Å². The van der Waals surface area contributed by atoms with E-state index in [0.29, 0.717) is 36.8 Å². The van der Waals surface area contributed by atoms with Crippen molar-refractivity contribution in [2.45, 2.75) is 44.6 Å². The lowest BCUT2D eigenvalue weighted by Crippen LogP contribution is -2.51. The maximum atomic E-state index is 13.2. The van der Waals surface area contributed by atoms with Crippen LogP contribution in [-0.2, 0) is 9.59 Å². The van der Waals surface area contributed by atoms with Gasteiger partial charge in [0.15, 0.2) is 0 Å². The largest absolute Gasteiger partial charge is 0.339 e. The molecule has 3 aromatic rings. The summed E-state index contributed by atoms with van der Waals surface area (Å²) in [5, 5.41) is 2.68. The molecule has 5 rings (SSSR count). The molecule has 2 aliphatic rings. The van der Waals surface area contributed by atoms with Crippen LogP contribution in [0.25, 0.3) is 0 Å². The smallest absolute Gasteiger partial charge is 0.253 e. The van der Waals surface area contributed by atoms with Crippen LogP contribution in [0.3, 0.4) is 0 Å². The van der Waals surface area contributed by atoms with Gasteiger partial charge in [0.05, 0.1) is 0 Å². The van der Waals surface area contributed by atoms with E-state index in [-0.39, 0.29) is 30.1 Å². The van der Waals surface area contributed by atoms with Crippen LogP contribution < -0.4 is 5.32 Å². The van der Waals surface area contributed by atoms with E-state index in [2.05, 4.69) is 17.2 Å². The highest BCUT2D eigenvalue weighted by Gasteiger charge is 2.36. The summed E-state index contributed by atoms with van der Waals surface area (Å²) < 4.78 is 13.1. The Bertz CT molecular complexity index is 1420. The third kappa shape index (κ3) is 7.40. The molecule has 6 nitrogen and oxygen atoms in total. The average molecular weight is 552 g/mol. The number of hydrogen-bond donors (Lipinski definition) is 1. The summed E-state index contributed by atoms with van der Waals surface area (Å²) in [5.74, 6) is 5.62. The van der Waals surface area contributed by atoms with Crippen LogP contribution in [0.5, 0.6) is 0 Å². The predicted octanol–water partition coefficient (Wildman–Crippen LogP) is 5.49. The van der Waals surface area contributed by atoms with Crippen LogP contribution in [0.1, 0.15) is 60.0 Å². The van der Waals surface area contributed by atoms with Crippen molar-refractivity contribution in [1.82, 2.24) is 9.80 Å². The maximum absolute atomic E-state index is 13.2. The van der Waals surface area contributed by atoms with Crippen LogP contribution in [0.4, 0.5) is 10.1 Å². The fourth-order valence-corrected chi connectivity index (χ4v) is 5.77. The maximum Gasteiger partial charge on any atom is 0.253 e. The second-order valence-corrected chi connectivity index (χ2v) is 10.7. The minimum absolute atomic E-state index is 0.0139. The first kappa shape index (κ1) is 28.1. The second kappa shape index (κ2) is 13.3. The first-order valence-corrected chi connectivity index (χ1v) is 14.3. The minimum Gasteiger partial charge on any atom is -0.339 e. The van der Waals surface area contributed by atoms with E-state index in [9.17, 15) is 18.8 Å². The van der Waals surface area contributed by atoms with Gasteiger partial charge in [0.25, 0.3) is 5.91 Å². The highest BCUT2D eigenvalue weighted by molar-refractivity contribution is 6.03. The third-order valence-electron chi connectivity index (χ3n) is 7.94. The standard InChI is InChI=1S/C34H34FN3O3/c35-29-15-17-30(18-16-29)36-32(39)24-33(40)38-21-5-4-8-31(38)27-19-22-37(23-20-27)34(41)28-13-11-26(12-14-28)10-9-25-6-2-1-3-7-25/h1-3,6-7,11-18,27,31H,4-5,8,19-24H2,(H,36,39). The van der Waals surface area contributed by atoms with E-state index >= 15 is 0 Å². The Morgan fingerprint density at radius 1 is 0.780 bits per heavy atom. The number of halogens is 1. The molecule has 2 aliphatic heterocycles.